The first-order valence-electron chi connectivity index (χ1n) is 15.5. The molecular weight excluding hydrogens is 583 g/mol. The van der Waals surface area contributed by atoms with Gasteiger partial charge >= 0.3 is 0 Å². The van der Waals surface area contributed by atoms with E-state index in [4.69, 9.17) is 9.40 Å². The number of hydrogen-bond donors (Lipinski definition) is 0. The second-order valence-corrected chi connectivity index (χ2v) is 12.9. The molecule has 214 valence electrons. The summed E-state index contributed by atoms with van der Waals surface area (Å²) in [5, 5.41) is 10.6. The van der Waals surface area contributed by atoms with Gasteiger partial charge < -0.3 is 8.98 Å². The van der Waals surface area contributed by atoms with Gasteiger partial charge in [0, 0.05) is 43.1 Å². The summed E-state index contributed by atoms with van der Waals surface area (Å²) in [5.41, 5.74) is 8.70. The molecular formula is C41H23N3OS. The number of benzene rings is 7. The van der Waals surface area contributed by atoms with Crippen LogP contribution >= 0.6 is 11.3 Å². The minimum absolute atomic E-state index is 0.896. The van der Waals surface area contributed by atoms with E-state index in [1.165, 1.54) is 54.6 Å². The molecule has 0 spiro atoms. The number of furan rings is 1. The van der Waals surface area contributed by atoms with Crippen LogP contribution in [0.1, 0.15) is 0 Å². The monoisotopic (exact) mass is 605 g/mol. The molecule has 5 heteroatoms. The Kier molecular flexibility index (Phi) is 4.69. The number of hydrogen-bond acceptors (Lipinski definition) is 3. The number of rotatable bonds is 2. The maximum atomic E-state index is 6.24. The molecule has 11 aromatic rings. The van der Waals surface area contributed by atoms with E-state index >= 15 is 0 Å². The van der Waals surface area contributed by atoms with Gasteiger partial charge in [0.05, 0.1) is 38.0 Å². The topological polar surface area (TPSA) is 35.9 Å². The van der Waals surface area contributed by atoms with Gasteiger partial charge in [0.15, 0.2) is 5.13 Å². The van der Waals surface area contributed by atoms with Gasteiger partial charge in [0.25, 0.3) is 0 Å². The normalized spacial score (nSPS) is 12.3. The van der Waals surface area contributed by atoms with Crippen molar-refractivity contribution in [3.8, 4) is 10.8 Å². The van der Waals surface area contributed by atoms with E-state index < -0.39 is 0 Å². The third-order valence-electron chi connectivity index (χ3n) is 9.55. The molecule has 0 N–H and O–H groups in total. The first kappa shape index (κ1) is 24.4. The Morgan fingerprint density at radius 1 is 0.478 bits per heavy atom. The zero-order chi connectivity index (χ0) is 29.9. The average Bonchev–Trinajstić information content (AvgIpc) is 3.87. The third-order valence-corrected chi connectivity index (χ3v) is 10.6. The molecule has 0 saturated heterocycles. The minimum atomic E-state index is 0.896. The molecule has 0 aliphatic rings. The number of thiazole rings is 1. The van der Waals surface area contributed by atoms with E-state index in [1.807, 2.05) is 12.1 Å². The number of aromatic nitrogens is 3. The first-order chi connectivity index (χ1) is 22.8. The molecule has 0 aliphatic carbocycles. The Labute approximate surface area is 265 Å². The smallest absolute Gasteiger partial charge is 0.195 e. The van der Waals surface area contributed by atoms with Gasteiger partial charge in [-0.25, -0.2) is 4.98 Å². The molecule has 0 radical (unpaired) electrons. The van der Waals surface area contributed by atoms with Crippen molar-refractivity contribution in [2.24, 2.45) is 0 Å². The molecule has 0 bridgehead atoms. The fourth-order valence-corrected chi connectivity index (χ4v) is 8.79. The van der Waals surface area contributed by atoms with Crippen molar-refractivity contribution in [1.82, 2.24) is 14.1 Å². The van der Waals surface area contributed by atoms with E-state index in [1.54, 1.807) is 11.3 Å². The fraction of sp³-hybridized carbons (Fsp3) is 0. The number of fused-ring (bicyclic) bond motifs is 13. The molecule has 4 heterocycles. The van der Waals surface area contributed by atoms with Crippen LogP contribution in [0.3, 0.4) is 0 Å². The average molecular weight is 606 g/mol. The molecule has 7 aromatic carbocycles. The summed E-state index contributed by atoms with van der Waals surface area (Å²) in [4.78, 5) is 5.29. The van der Waals surface area contributed by atoms with Crippen molar-refractivity contribution in [3.63, 3.8) is 0 Å². The van der Waals surface area contributed by atoms with Crippen LogP contribution in [0.15, 0.2) is 144 Å². The Hall–Kier alpha value is -5.91. The van der Waals surface area contributed by atoms with Gasteiger partial charge in [0.1, 0.15) is 11.2 Å². The van der Waals surface area contributed by atoms with Crippen molar-refractivity contribution in [1.29, 1.82) is 0 Å². The lowest BCUT2D eigenvalue weighted by Crippen LogP contribution is -1.98. The summed E-state index contributed by atoms with van der Waals surface area (Å²) in [7, 11) is 0. The van der Waals surface area contributed by atoms with Crippen LogP contribution in [0, 0.1) is 0 Å². The van der Waals surface area contributed by atoms with Crippen LogP contribution in [0.4, 0.5) is 0 Å². The second kappa shape index (κ2) is 8.84. The molecule has 0 amide bonds. The van der Waals surface area contributed by atoms with Crippen molar-refractivity contribution >= 4 is 97.9 Å². The SMILES string of the molecule is c1ccc2c(c1)oc1ccc3nc(-n4c5ccccc5c5cc(-n6c7ccccc7c7ccccc76)c6ccccc6c54)sc3c12. The van der Waals surface area contributed by atoms with Crippen molar-refractivity contribution in [2.45, 2.75) is 0 Å². The summed E-state index contributed by atoms with van der Waals surface area (Å²) in [6.07, 6.45) is 0. The Balaban J connectivity index is 1.29. The van der Waals surface area contributed by atoms with E-state index in [0.29, 0.717) is 0 Å². The molecule has 46 heavy (non-hydrogen) atoms. The van der Waals surface area contributed by atoms with Crippen LogP contribution in [0.5, 0.6) is 0 Å². The summed E-state index contributed by atoms with van der Waals surface area (Å²) in [6.45, 7) is 0. The molecule has 0 aliphatic heterocycles. The zero-order valence-corrected chi connectivity index (χ0v) is 25.3. The highest BCUT2D eigenvalue weighted by Crippen LogP contribution is 2.44. The quantitative estimate of drug-likeness (QED) is 0.196. The third kappa shape index (κ3) is 3.10. The van der Waals surface area contributed by atoms with Gasteiger partial charge in [-0.1, -0.05) is 108 Å². The van der Waals surface area contributed by atoms with Crippen LogP contribution in [0.25, 0.3) is 97.4 Å². The highest BCUT2D eigenvalue weighted by atomic mass is 32.1. The molecule has 4 aromatic heterocycles. The number of nitrogens with zero attached hydrogens (tertiary/aromatic N) is 3. The standard InChI is InChI=1S/C41H23N3OS/c1-2-15-28-26(13-1)35(43-32-17-7-3-11-24(32)25-12-4-8-18-33(25)43)23-30-27-14-5-9-19-34(27)44(39(28)30)41-42-31-21-22-37-38(40(31)46-41)29-16-6-10-20-36(29)45-37/h1-23H. The van der Waals surface area contributed by atoms with Crippen molar-refractivity contribution in [3.05, 3.63) is 140 Å². The van der Waals surface area contributed by atoms with Gasteiger partial charge in [-0.05, 0) is 42.5 Å². The first-order valence-corrected chi connectivity index (χ1v) is 16.3. The highest BCUT2D eigenvalue weighted by Gasteiger charge is 2.22. The molecule has 0 unspecified atom stereocenters. The lowest BCUT2D eigenvalue weighted by molar-refractivity contribution is 0.669. The molecule has 0 fully saturated rings. The summed E-state index contributed by atoms with van der Waals surface area (Å²) in [5.74, 6) is 0. The minimum Gasteiger partial charge on any atom is -0.456 e. The Morgan fingerprint density at radius 2 is 1.04 bits per heavy atom. The summed E-state index contributed by atoms with van der Waals surface area (Å²) in [6, 6.07) is 49.8. The van der Waals surface area contributed by atoms with E-state index in [0.717, 1.165) is 42.8 Å². The zero-order valence-electron chi connectivity index (χ0n) is 24.4. The van der Waals surface area contributed by atoms with Crippen molar-refractivity contribution in [2.75, 3.05) is 0 Å². The predicted molar refractivity (Wildman–Crippen MR) is 193 cm³/mol. The molecule has 0 saturated carbocycles. The van der Waals surface area contributed by atoms with Gasteiger partial charge in [0.2, 0.25) is 0 Å². The van der Waals surface area contributed by atoms with E-state index in [9.17, 15) is 0 Å². The fourth-order valence-electron chi connectivity index (χ4n) is 7.65. The predicted octanol–water partition coefficient (Wildman–Crippen LogP) is 11.5. The maximum Gasteiger partial charge on any atom is 0.195 e. The van der Waals surface area contributed by atoms with Gasteiger partial charge in [-0.15, -0.1) is 0 Å². The molecule has 0 atom stereocenters. The van der Waals surface area contributed by atoms with Crippen LogP contribution < -0.4 is 0 Å². The van der Waals surface area contributed by atoms with Gasteiger partial charge in [-0.3, -0.25) is 4.57 Å². The summed E-state index contributed by atoms with van der Waals surface area (Å²) < 4.78 is 12.2. The lowest BCUT2D eigenvalue weighted by Gasteiger charge is -2.14. The Bertz CT molecular complexity index is 2990. The van der Waals surface area contributed by atoms with Gasteiger partial charge in [-0.2, -0.15) is 0 Å². The molecule has 4 nitrogen and oxygen atoms in total. The van der Waals surface area contributed by atoms with Crippen molar-refractivity contribution < 1.29 is 4.42 Å². The van der Waals surface area contributed by atoms with Crippen LogP contribution in [0.2, 0.25) is 0 Å². The van der Waals surface area contributed by atoms with Crippen LogP contribution in [-0.4, -0.2) is 14.1 Å². The highest BCUT2D eigenvalue weighted by molar-refractivity contribution is 7.22. The molecule has 11 rings (SSSR count). The number of para-hydroxylation sites is 4. The van der Waals surface area contributed by atoms with Crippen LogP contribution in [-0.2, 0) is 0 Å². The summed E-state index contributed by atoms with van der Waals surface area (Å²) >= 11 is 1.73. The van der Waals surface area contributed by atoms with E-state index in [2.05, 4.69) is 137 Å². The largest absolute Gasteiger partial charge is 0.456 e. The Morgan fingerprint density at radius 3 is 1.76 bits per heavy atom. The van der Waals surface area contributed by atoms with E-state index in [-0.39, 0.29) is 0 Å². The second-order valence-electron chi connectivity index (χ2n) is 11.9. The lowest BCUT2D eigenvalue weighted by atomic mass is 10.0. The maximum absolute atomic E-state index is 6.24.